The van der Waals surface area contributed by atoms with E-state index in [0.717, 1.165) is 10.8 Å². The summed E-state index contributed by atoms with van der Waals surface area (Å²) < 4.78 is 0. The monoisotopic (exact) mass is 433 g/mol. The zero-order chi connectivity index (χ0) is 23.1. The number of anilines is 1. The Morgan fingerprint density at radius 3 is 2.34 bits per heavy atom. The van der Waals surface area contributed by atoms with Crippen molar-refractivity contribution in [2.24, 2.45) is 16.5 Å². The maximum absolute atomic E-state index is 12.5. The fourth-order valence-corrected chi connectivity index (χ4v) is 3.18. The van der Waals surface area contributed by atoms with E-state index >= 15 is 0 Å². The summed E-state index contributed by atoms with van der Waals surface area (Å²) in [4.78, 5) is 39.8. The predicted molar refractivity (Wildman–Crippen MR) is 123 cm³/mol. The van der Waals surface area contributed by atoms with Gasteiger partial charge in [0.2, 0.25) is 5.91 Å². The number of benzene rings is 3. The van der Waals surface area contributed by atoms with E-state index in [2.05, 4.69) is 15.6 Å². The van der Waals surface area contributed by atoms with E-state index in [0.29, 0.717) is 22.5 Å². The van der Waals surface area contributed by atoms with Crippen LogP contribution >= 0.6 is 0 Å². The fraction of sp³-hybridized carbons (Fsp3) is 0.130. The maximum Gasteiger partial charge on any atom is 0.303 e. The third-order valence-corrected chi connectivity index (χ3v) is 4.63. The van der Waals surface area contributed by atoms with Crippen molar-refractivity contribution in [1.29, 1.82) is 0 Å². The highest BCUT2D eigenvalue weighted by atomic mass is 16.4. The average Bonchev–Trinajstić information content (AvgIpc) is 2.75. The second kappa shape index (κ2) is 10.1. The largest absolute Gasteiger partial charge is 0.481 e. The third-order valence-electron chi connectivity index (χ3n) is 4.63. The molecule has 0 saturated carbocycles. The van der Waals surface area contributed by atoms with Gasteiger partial charge in [-0.1, -0.05) is 30.3 Å². The minimum absolute atomic E-state index is 0.0654. The second-order valence-corrected chi connectivity index (χ2v) is 7.07. The fourth-order valence-electron chi connectivity index (χ4n) is 3.18. The molecule has 2 amide bonds. The first-order chi connectivity index (χ1) is 15.3. The Labute approximate surface area is 184 Å². The molecule has 0 bridgehead atoms. The van der Waals surface area contributed by atoms with Crippen molar-refractivity contribution in [3.05, 3.63) is 71.8 Å². The number of fused-ring (bicyclic) bond motifs is 1. The Kier molecular flexibility index (Phi) is 7.02. The molecule has 9 nitrogen and oxygen atoms in total. The molecule has 0 radical (unpaired) electrons. The number of carboxylic acids is 1. The Balaban J connectivity index is 1.70. The van der Waals surface area contributed by atoms with Crippen LogP contribution in [0.25, 0.3) is 10.8 Å². The van der Waals surface area contributed by atoms with E-state index in [1.54, 1.807) is 24.3 Å². The quantitative estimate of drug-likeness (QED) is 0.270. The van der Waals surface area contributed by atoms with Crippen LogP contribution in [0.1, 0.15) is 22.3 Å². The number of aliphatic imine (C=N–C) groups is 1. The number of nitrogens with two attached hydrogens (primary N) is 2. The molecule has 32 heavy (non-hydrogen) atoms. The summed E-state index contributed by atoms with van der Waals surface area (Å²) in [5, 5.41) is 16.2. The standard InChI is InChI=1S/C23H23N5O4/c24-23(25)27-18-7-3-6-17(11-18)22(32)26-13-20(29)28-19-12-15-5-2-1-4-14(15)10-16(19)8-9-21(30)31/h1-7,10-12H,8-9,13H2,(H,26,32)(H,28,29)(H,30,31)(H4,24,25,27). The molecule has 0 spiro atoms. The summed E-state index contributed by atoms with van der Waals surface area (Å²) in [6.45, 7) is -0.267. The number of guanidine groups is 1. The number of hydrogen-bond acceptors (Lipinski definition) is 4. The third kappa shape index (κ3) is 6.05. The molecule has 9 heteroatoms. The van der Waals surface area contributed by atoms with Crippen molar-refractivity contribution < 1.29 is 19.5 Å². The number of nitrogens with zero attached hydrogens (tertiary/aromatic N) is 1. The number of aryl methyl sites for hydroxylation is 1. The van der Waals surface area contributed by atoms with Gasteiger partial charge in [-0.15, -0.1) is 0 Å². The highest BCUT2D eigenvalue weighted by Crippen LogP contribution is 2.25. The van der Waals surface area contributed by atoms with Crippen LogP contribution in [0.4, 0.5) is 11.4 Å². The van der Waals surface area contributed by atoms with Gasteiger partial charge in [0, 0.05) is 17.7 Å². The molecule has 3 aromatic rings. The Hall–Kier alpha value is -4.40. The van der Waals surface area contributed by atoms with Crippen molar-refractivity contribution >= 4 is 45.9 Å². The van der Waals surface area contributed by atoms with Crippen LogP contribution < -0.4 is 22.1 Å². The minimum Gasteiger partial charge on any atom is -0.481 e. The molecule has 3 rings (SSSR count). The molecule has 3 aromatic carbocycles. The van der Waals surface area contributed by atoms with Crippen molar-refractivity contribution in [3.63, 3.8) is 0 Å². The molecule has 0 heterocycles. The summed E-state index contributed by atoms with van der Waals surface area (Å²) in [6.07, 6.45) is 0.198. The molecule has 0 aliphatic carbocycles. The summed E-state index contributed by atoms with van der Waals surface area (Å²) in [5.74, 6) is -1.95. The van der Waals surface area contributed by atoms with Crippen molar-refractivity contribution in [1.82, 2.24) is 5.32 Å². The molecule has 0 aliphatic rings. The molecule has 0 atom stereocenters. The van der Waals surface area contributed by atoms with E-state index in [1.807, 2.05) is 30.3 Å². The molecule has 0 aliphatic heterocycles. The zero-order valence-corrected chi connectivity index (χ0v) is 17.2. The van der Waals surface area contributed by atoms with Crippen LogP contribution in [0, 0.1) is 0 Å². The lowest BCUT2D eigenvalue weighted by molar-refractivity contribution is -0.137. The van der Waals surface area contributed by atoms with Gasteiger partial charge in [-0.25, -0.2) is 4.99 Å². The Bertz CT molecular complexity index is 1200. The lowest BCUT2D eigenvalue weighted by Gasteiger charge is -2.13. The van der Waals surface area contributed by atoms with Crippen LogP contribution in [-0.2, 0) is 16.0 Å². The first-order valence-corrected chi connectivity index (χ1v) is 9.83. The van der Waals surface area contributed by atoms with Gasteiger partial charge in [0.1, 0.15) is 0 Å². The van der Waals surface area contributed by atoms with Crippen LogP contribution in [0.15, 0.2) is 65.7 Å². The van der Waals surface area contributed by atoms with Gasteiger partial charge in [-0.05, 0) is 53.1 Å². The maximum atomic E-state index is 12.5. The van der Waals surface area contributed by atoms with Crippen LogP contribution in [0.2, 0.25) is 0 Å². The van der Waals surface area contributed by atoms with Crippen molar-refractivity contribution in [2.45, 2.75) is 12.8 Å². The Morgan fingerprint density at radius 1 is 0.938 bits per heavy atom. The first kappa shape index (κ1) is 22.3. The number of hydrogen-bond donors (Lipinski definition) is 5. The van der Waals surface area contributed by atoms with Gasteiger partial charge in [0.15, 0.2) is 5.96 Å². The number of carbonyl (C=O) groups excluding carboxylic acids is 2. The second-order valence-electron chi connectivity index (χ2n) is 7.07. The van der Waals surface area contributed by atoms with E-state index in [1.165, 1.54) is 6.07 Å². The highest BCUT2D eigenvalue weighted by molar-refractivity contribution is 6.01. The van der Waals surface area contributed by atoms with Gasteiger partial charge < -0.3 is 27.2 Å². The van der Waals surface area contributed by atoms with Gasteiger partial charge in [0.25, 0.3) is 5.91 Å². The van der Waals surface area contributed by atoms with E-state index < -0.39 is 17.8 Å². The Morgan fingerprint density at radius 2 is 1.66 bits per heavy atom. The van der Waals surface area contributed by atoms with E-state index in [9.17, 15) is 14.4 Å². The lowest BCUT2D eigenvalue weighted by atomic mass is 10.0. The number of rotatable bonds is 8. The molecular weight excluding hydrogens is 410 g/mol. The van der Waals surface area contributed by atoms with Crippen molar-refractivity contribution in [3.8, 4) is 0 Å². The molecule has 0 saturated heterocycles. The van der Waals surface area contributed by atoms with Gasteiger partial charge in [0.05, 0.1) is 12.2 Å². The normalized spacial score (nSPS) is 10.4. The van der Waals surface area contributed by atoms with Crippen LogP contribution in [-0.4, -0.2) is 35.4 Å². The van der Waals surface area contributed by atoms with Crippen molar-refractivity contribution in [2.75, 3.05) is 11.9 Å². The van der Waals surface area contributed by atoms with Gasteiger partial charge >= 0.3 is 5.97 Å². The molecular formula is C23H23N5O4. The SMILES string of the molecule is NC(N)=Nc1cccc(C(=O)NCC(=O)Nc2cc3ccccc3cc2CCC(=O)O)c1. The zero-order valence-electron chi connectivity index (χ0n) is 17.2. The van der Waals surface area contributed by atoms with E-state index in [-0.39, 0.29) is 25.3 Å². The van der Waals surface area contributed by atoms with Gasteiger partial charge in [-0.3, -0.25) is 14.4 Å². The van der Waals surface area contributed by atoms with Gasteiger partial charge in [-0.2, -0.15) is 0 Å². The lowest BCUT2D eigenvalue weighted by Crippen LogP contribution is -2.33. The van der Waals surface area contributed by atoms with E-state index in [4.69, 9.17) is 16.6 Å². The summed E-state index contributed by atoms with van der Waals surface area (Å²) in [7, 11) is 0. The predicted octanol–water partition coefficient (Wildman–Crippen LogP) is 2.13. The molecule has 0 fully saturated rings. The molecule has 164 valence electrons. The molecule has 0 aromatic heterocycles. The molecule has 7 N–H and O–H groups in total. The summed E-state index contributed by atoms with van der Waals surface area (Å²) >= 11 is 0. The number of carbonyl (C=O) groups is 3. The topological polar surface area (TPSA) is 160 Å². The van der Waals surface area contributed by atoms with Crippen LogP contribution in [0.3, 0.4) is 0 Å². The first-order valence-electron chi connectivity index (χ1n) is 9.83. The number of nitrogens with one attached hydrogen (secondary N) is 2. The number of aliphatic carboxylic acids is 1. The smallest absolute Gasteiger partial charge is 0.303 e. The number of carboxylic acid groups (broad SMARTS) is 1. The molecule has 0 unspecified atom stereocenters. The number of amides is 2. The summed E-state index contributed by atoms with van der Waals surface area (Å²) in [5.41, 5.74) is 12.6. The van der Waals surface area contributed by atoms with Crippen LogP contribution in [0.5, 0.6) is 0 Å². The summed E-state index contributed by atoms with van der Waals surface area (Å²) in [6, 6.07) is 17.6. The minimum atomic E-state index is -0.925. The average molecular weight is 433 g/mol. The highest BCUT2D eigenvalue weighted by Gasteiger charge is 2.12.